The molecular weight excluding hydrogens is 358 g/mol. The van der Waals surface area contributed by atoms with E-state index >= 15 is 0 Å². The Morgan fingerprint density at radius 1 is 1.23 bits per heavy atom. The SMILES string of the molecule is CCCOC(=O)c1c(NC(=O)c2ccn(C)n2)sc(C(=O)OCC)c1C. The van der Waals surface area contributed by atoms with Crippen molar-refractivity contribution >= 4 is 34.2 Å². The zero-order valence-corrected chi connectivity index (χ0v) is 15.9. The Labute approximate surface area is 155 Å². The molecule has 2 rings (SSSR count). The van der Waals surface area contributed by atoms with Crippen LogP contribution in [-0.4, -0.2) is 40.8 Å². The Hall–Kier alpha value is -2.68. The normalized spacial score (nSPS) is 10.5. The molecule has 0 aliphatic carbocycles. The molecule has 0 spiro atoms. The molecule has 1 amide bonds. The summed E-state index contributed by atoms with van der Waals surface area (Å²) in [6.07, 6.45) is 2.30. The van der Waals surface area contributed by atoms with Gasteiger partial charge < -0.3 is 14.8 Å². The number of anilines is 1. The van der Waals surface area contributed by atoms with E-state index in [1.807, 2.05) is 6.92 Å². The number of hydrogen-bond donors (Lipinski definition) is 1. The third-order valence-corrected chi connectivity index (χ3v) is 4.61. The molecule has 140 valence electrons. The highest BCUT2D eigenvalue weighted by atomic mass is 32.1. The number of rotatable bonds is 7. The van der Waals surface area contributed by atoms with Crippen LogP contribution in [0.25, 0.3) is 0 Å². The Kier molecular flexibility index (Phi) is 6.51. The maximum Gasteiger partial charge on any atom is 0.348 e. The van der Waals surface area contributed by atoms with Gasteiger partial charge >= 0.3 is 11.9 Å². The topological polar surface area (TPSA) is 99.5 Å². The first-order valence-corrected chi connectivity index (χ1v) is 8.99. The van der Waals surface area contributed by atoms with Gasteiger partial charge in [0, 0.05) is 13.2 Å². The van der Waals surface area contributed by atoms with Crippen LogP contribution >= 0.6 is 11.3 Å². The van der Waals surface area contributed by atoms with E-state index in [0.29, 0.717) is 12.0 Å². The van der Waals surface area contributed by atoms with Crippen molar-refractivity contribution in [3.05, 3.63) is 34.0 Å². The minimum atomic E-state index is -0.590. The lowest BCUT2D eigenvalue weighted by molar-refractivity contribution is 0.0506. The first-order valence-electron chi connectivity index (χ1n) is 8.17. The van der Waals surface area contributed by atoms with Crippen molar-refractivity contribution < 1.29 is 23.9 Å². The summed E-state index contributed by atoms with van der Waals surface area (Å²) in [6, 6.07) is 1.55. The van der Waals surface area contributed by atoms with E-state index in [2.05, 4.69) is 10.4 Å². The summed E-state index contributed by atoms with van der Waals surface area (Å²) in [5.74, 6) is -1.61. The number of nitrogens with one attached hydrogen (secondary N) is 1. The van der Waals surface area contributed by atoms with Gasteiger partial charge in [-0.2, -0.15) is 5.10 Å². The van der Waals surface area contributed by atoms with Gasteiger partial charge in [-0.3, -0.25) is 9.48 Å². The van der Waals surface area contributed by atoms with Gasteiger partial charge in [-0.15, -0.1) is 11.3 Å². The minimum Gasteiger partial charge on any atom is -0.462 e. The lowest BCUT2D eigenvalue weighted by Gasteiger charge is -2.07. The summed E-state index contributed by atoms with van der Waals surface area (Å²) in [6.45, 7) is 5.65. The van der Waals surface area contributed by atoms with Gasteiger partial charge in [0.1, 0.15) is 9.88 Å². The summed E-state index contributed by atoms with van der Waals surface area (Å²) in [5, 5.41) is 6.92. The molecule has 0 aliphatic heterocycles. The third-order valence-electron chi connectivity index (χ3n) is 3.42. The summed E-state index contributed by atoms with van der Waals surface area (Å²) in [4.78, 5) is 37.2. The Balaban J connectivity index is 2.38. The predicted octanol–water partition coefficient (Wildman–Crippen LogP) is 2.79. The molecule has 1 N–H and O–H groups in total. The number of carbonyl (C=O) groups is 3. The van der Waals surface area contributed by atoms with Crippen LogP contribution < -0.4 is 5.32 Å². The van der Waals surface area contributed by atoms with Gasteiger partial charge in [-0.05, 0) is 31.9 Å². The zero-order chi connectivity index (χ0) is 19.3. The van der Waals surface area contributed by atoms with Crippen LogP contribution in [0, 0.1) is 6.92 Å². The number of nitrogens with zero attached hydrogens (tertiary/aromatic N) is 2. The molecule has 26 heavy (non-hydrogen) atoms. The Bertz CT molecular complexity index is 824. The van der Waals surface area contributed by atoms with Crippen LogP contribution in [0.1, 0.15) is 56.3 Å². The largest absolute Gasteiger partial charge is 0.462 e. The van der Waals surface area contributed by atoms with Crippen LogP contribution in [0.3, 0.4) is 0 Å². The predicted molar refractivity (Wildman–Crippen MR) is 96.7 cm³/mol. The number of aryl methyl sites for hydroxylation is 1. The van der Waals surface area contributed by atoms with Gasteiger partial charge in [0.2, 0.25) is 0 Å². The molecule has 0 atom stereocenters. The first kappa shape index (κ1) is 19.6. The van der Waals surface area contributed by atoms with Crippen LogP contribution in [0.4, 0.5) is 5.00 Å². The van der Waals surface area contributed by atoms with Crippen molar-refractivity contribution in [2.75, 3.05) is 18.5 Å². The highest BCUT2D eigenvalue weighted by molar-refractivity contribution is 7.18. The molecule has 0 aliphatic rings. The molecule has 0 bridgehead atoms. The molecule has 9 heteroatoms. The van der Waals surface area contributed by atoms with E-state index < -0.39 is 17.8 Å². The molecule has 2 aromatic rings. The van der Waals surface area contributed by atoms with E-state index in [1.54, 1.807) is 33.2 Å². The fraction of sp³-hybridized carbons (Fsp3) is 0.412. The summed E-state index contributed by atoms with van der Waals surface area (Å²) in [7, 11) is 1.69. The Morgan fingerprint density at radius 2 is 1.96 bits per heavy atom. The molecule has 2 aromatic heterocycles. The van der Waals surface area contributed by atoms with E-state index in [-0.39, 0.29) is 34.3 Å². The summed E-state index contributed by atoms with van der Waals surface area (Å²) < 4.78 is 11.7. The molecule has 0 radical (unpaired) electrons. The first-order chi connectivity index (χ1) is 12.4. The zero-order valence-electron chi connectivity index (χ0n) is 15.1. The number of amides is 1. The van der Waals surface area contributed by atoms with Crippen LogP contribution in [0.15, 0.2) is 12.3 Å². The average molecular weight is 379 g/mol. The second kappa shape index (κ2) is 8.61. The van der Waals surface area contributed by atoms with Gasteiger partial charge in [0.05, 0.1) is 18.8 Å². The van der Waals surface area contributed by atoms with Gasteiger partial charge in [-0.1, -0.05) is 6.92 Å². The Morgan fingerprint density at radius 3 is 2.54 bits per heavy atom. The van der Waals surface area contributed by atoms with Crippen LogP contribution in [0.5, 0.6) is 0 Å². The van der Waals surface area contributed by atoms with E-state index in [4.69, 9.17) is 9.47 Å². The van der Waals surface area contributed by atoms with Crippen LogP contribution in [-0.2, 0) is 16.5 Å². The molecule has 0 aromatic carbocycles. The third kappa shape index (κ3) is 4.29. The van der Waals surface area contributed by atoms with Crippen LogP contribution in [0.2, 0.25) is 0 Å². The highest BCUT2D eigenvalue weighted by Gasteiger charge is 2.27. The molecule has 0 fully saturated rings. The minimum absolute atomic E-state index is 0.163. The number of aromatic nitrogens is 2. The van der Waals surface area contributed by atoms with Gasteiger partial charge in [0.15, 0.2) is 5.69 Å². The number of esters is 2. The smallest absolute Gasteiger partial charge is 0.348 e. The maximum atomic E-state index is 12.4. The number of carbonyl (C=O) groups excluding carboxylic acids is 3. The molecular formula is C17H21N3O5S. The monoisotopic (exact) mass is 379 g/mol. The quantitative estimate of drug-likeness (QED) is 0.743. The van der Waals surface area contributed by atoms with Crippen molar-refractivity contribution in [3.63, 3.8) is 0 Å². The molecule has 0 unspecified atom stereocenters. The average Bonchev–Trinajstić information content (AvgIpc) is 3.16. The highest BCUT2D eigenvalue weighted by Crippen LogP contribution is 2.34. The van der Waals surface area contributed by atoms with Crippen molar-refractivity contribution in [3.8, 4) is 0 Å². The molecule has 8 nitrogen and oxygen atoms in total. The van der Waals surface area contributed by atoms with Crippen molar-refractivity contribution in [2.24, 2.45) is 7.05 Å². The van der Waals surface area contributed by atoms with Crippen molar-refractivity contribution in [1.82, 2.24) is 9.78 Å². The fourth-order valence-corrected chi connectivity index (χ4v) is 3.29. The molecule has 2 heterocycles. The van der Waals surface area contributed by atoms with E-state index in [0.717, 1.165) is 11.3 Å². The summed E-state index contributed by atoms with van der Waals surface area (Å²) in [5.41, 5.74) is 0.783. The lowest BCUT2D eigenvalue weighted by Crippen LogP contribution is -2.16. The fourth-order valence-electron chi connectivity index (χ4n) is 2.21. The second-order valence-electron chi connectivity index (χ2n) is 5.45. The number of ether oxygens (including phenoxy) is 2. The number of hydrogen-bond acceptors (Lipinski definition) is 7. The molecule has 0 saturated carbocycles. The van der Waals surface area contributed by atoms with Crippen molar-refractivity contribution in [1.29, 1.82) is 0 Å². The second-order valence-corrected chi connectivity index (χ2v) is 6.47. The maximum absolute atomic E-state index is 12.4. The number of thiophene rings is 1. The van der Waals surface area contributed by atoms with E-state index in [9.17, 15) is 14.4 Å². The van der Waals surface area contributed by atoms with Crippen molar-refractivity contribution in [2.45, 2.75) is 27.2 Å². The summed E-state index contributed by atoms with van der Waals surface area (Å²) >= 11 is 0.984. The van der Waals surface area contributed by atoms with E-state index in [1.165, 1.54) is 4.68 Å². The molecule has 0 saturated heterocycles. The lowest BCUT2D eigenvalue weighted by atomic mass is 10.1. The standard InChI is InChI=1S/C17H21N3O5S/c1-5-9-25-16(22)12-10(3)13(17(23)24-6-2)26-15(12)18-14(21)11-7-8-20(4)19-11/h7-8H,5-6,9H2,1-4H3,(H,18,21). The van der Waals surface area contributed by atoms with Gasteiger partial charge in [-0.25, -0.2) is 9.59 Å². The van der Waals surface area contributed by atoms with Gasteiger partial charge in [0.25, 0.3) is 5.91 Å².